The van der Waals surface area contributed by atoms with Crippen molar-refractivity contribution in [1.29, 1.82) is 0 Å². The van der Waals surface area contributed by atoms with Gasteiger partial charge in [-0.25, -0.2) is 8.78 Å². The lowest BCUT2D eigenvalue weighted by Gasteiger charge is -2.15. The van der Waals surface area contributed by atoms with Gasteiger partial charge in [0.05, 0.1) is 10.9 Å². The summed E-state index contributed by atoms with van der Waals surface area (Å²) in [4.78, 5) is -0.351. The molecular formula is C16H14BrClF2O. The van der Waals surface area contributed by atoms with Crippen molar-refractivity contribution in [2.45, 2.75) is 24.8 Å². The van der Waals surface area contributed by atoms with E-state index in [-0.39, 0.29) is 16.0 Å². The average Bonchev–Trinajstić information content (AvgIpc) is 2.41. The second-order valence-corrected chi connectivity index (χ2v) is 6.21. The molecule has 112 valence electrons. The van der Waals surface area contributed by atoms with Gasteiger partial charge in [0.2, 0.25) is 0 Å². The van der Waals surface area contributed by atoms with Crippen LogP contribution in [0.2, 0.25) is 5.02 Å². The van der Waals surface area contributed by atoms with E-state index in [0.717, 1.165) is 17.7 Å². The van der Waals surface area contributed by atoms with E-state index in [0.29, 0.717) is 11.3 Å². The maximum atomic E-state index is 13.4. The normalized spacial score (nSPS) is 12.5. The first kappa shape index (κ1) is 16.2. The van der Waals surface area contributed by atoms with E-state index in [2.05, 4.69) is 15.9 Å². The van der Waals surface area contributed by atoms with Crippen molar-refractivity contribution in [1.82, 2.24) is 0 Å². The molecule has 2 aromatic rings. The molecule has 2 rings (SSSR count). The number of halogens is 4. The monoisotopic (exact) mass is 374 g/mol. The van der Waals surface area contributed by atoms with Gasteiger partial charge < -0.3 is 4.74 Å². The highest BCUT2D eigenvalue weighted by Gasteiger charge is 2.17. The summed E-state index contributed by atoms with van der Waals surface area (Å²) < 4.78 is 32.2. The Morgan fingerprint density at radius 3 is 2.43 bits per heavy atom. The third-order valence-electron chi connectivity index (χ3n) is 2.84. The molecule has 0 fully saturated rings. The third kappa shape index (κ3) is 3.95. The Balaban J connectivity index is 2.36. The average molecular weight is 376 g/mol. The van der Waals surface area contributed by atoms with E-state index < -0.39 is 11.6 Å². The summed E-state index contributed by atoms with van der Waals surface area (Å²) in [5.41, 5.74) is 1.32. The number of benzene rings is 2. The summed E-state index contributed by atoms with van der Waals surface area (Å²) in [5, 5.41) is 0.172. The molecule has 5 heteroatoms. The summed E-state index contributed by atoms with van der Waals surface area (Å²) >= 11 is 9.48. The van der Waals surface area contributed by atoms with Gasteiger partial charge in [0.1, 0.15) is 5.75 Å². The lowest BCUT2D eigenvalue weighted by atomic mass is 10.0. The molecular weight excluding hydrogens is 362 g/mol. The van der Waals surface area contributed by atoms with Gasteiger partial charge in [-0.2, -0.15) is 0 Å². The van der Waals surface area contributed by atoms with Crippen molar-refractivity contribution in [3.05, 3.63) is 64.2 Å². The van der Waals surface area contributed by atoms with Crippen molar-refractivity contribution >= 4 is 27.5 Å². The van der Waals surface area contributed by atoms with Gasteiger partial charge in [-0.1, -0.05) is 39.7 Å². The molecule has 0 radical (unpaired) electrons. The van der Waals surface area contributed by atoms with E-state index >= 15 is 0 Å². The number of hydrogen-bond acceptors (Lipinski definition) is 1. The molecule has 0 bridgehead atoms. The fourth-order valence-electron chi connectivity index (χ4n) is 1.93. The zero-order chi connectivity index (χ0) is 15.6. The quantitative estimate of drug-likeness (QED) is 0.478. The fourth-order valence-corrected chi connectivity index (χ4v) is 2.98. The van der Waals surface area contributed by atoms with E-state index in [1.807, 2.05) is 38.1 Å². The summed E-state index contributed by atoms with van der Waals surface area (Å²) in [7, 11) is 0. The lowest BCUT2D eigenvalue weighted by Crippen LogP contribution is -2.06. The first-order chi connectivity index (χ1) is 9.88. The first-order valence-electron chi connectivity index (χ1n) is 6.43. The van der Waals surface area contributed by atoms with Crippen LogP contribution in [0.5, 0.6) is 5.75 Å². The van der Waals surface area contributed by atoms with Crippen LogP contribution in [0.1, 0.15) is 29.8 Å². The molecule has 1 atom stereocenters. The predicted molar refractivity (Wildman–Crippen MR) is 84.3 cm³/mol. The van der Waals surface area contributed by atoms with Crippen LogP contribution in [0.3, 0.4) is 0 Å². The fraction of sp³-hybridized carbons (Fsp3) is 0.250. The molecule has 0 saturated carbocycles. The Hall–Kier alpha value is -1.13. The van der Waals surface area contributed by atoms with Crippen LogP contribution >= 0.6 is 27.5 Å². The minimum atomic E-state index is -0.958. The van der Waals surface area contributed by atoms with Crippen molar-refractivity contribution in [2.75, 3.05) is 0 Å². The predicted octanol–water partition coefficient (Wildman–Crippen LogP) is 5.89. The van der Waals surface area contributed by atoms with Crippen LogP contribution in [0, 0.1) is 11.6 Å². The molecule has 0 aliphatic rings. The summed E-state index contributed by atoms with van der Waals surface area (Å²) in [6, 6.07) is 9.48. The Morgan fingerprint density at radius 1 is 1.10 bits per heavy atom. The van der Waals surface area contributed by atoms with Crippen LogP contribution in [-0.4, -0.2) is 6.10 Å². The van der Waals surface area contributed by atoms with E-state index in [4.69, 9.17) is 16.3 Å². The molecule has 0 N–H and O–H groups in total. The van der Waals surface area contributed by atoms with Gasteiger partial charge in [-0.15, -0.1) is 0 Å². The maximum absolute atomic E-state index is 13.4. The van der Waals surface area contributed by atoms with E-state index in [1.54, 1.807) is 0 Å². The van der Waals surface area contributed by atoms with Crippen molar-refractivity contribution in [3.8, 4) is 5.75 Å². The Bertz CT molecular complexity index is 646. The molecule has 0 aliphatic heterocycles. The largest absolute Gasteiger partial charge is 0.491 e. The zero-order valence-corrected chi connectivity index (χ0v) is 13.9. The van der Waals surface area contributed by atoms with Crippen LogP contribution in [0.15, 0.2) is 36.4 Å². The Morgan fingerprint density at radius 2 is 1.76 bits per heavy atom. The minimum absolute atomic E-state index is 0.0564. The van der Waals surface area contributed by atoms with Crippen LogP contribution < -0.4 is 4.74 Å². The van der Waals surface area contributed by atoms with Crippen LogP contribution in [0.25, 0.3) is 0 Å². The summed E-state index contributed by atoms with van der Waals surface area (Å²) in [6.07, 6.45) is 0.0564. The van der Waals surface area contributed by atoms with Crippen LogP contribution in [-0.2, 0) is 0 Å². The molecule has 0 amide bonds. The Labute approximate surface area is 136 Å². The van der Waals surface area contributed by atoms with Crippen molar-refractivity contribution in [2.24, 2.45) is 0 Å². The third-order valence-corrected chi connectivity index (χ3v) is 4.18. The Kier molecular flexibility index (Phi) is 5.22. The van der Waals surface area contributed by atoms with Gasteiger partial charge in [0.25, 0.3) is 0 Å². The number of rotatable bonds is 4. The lowest BCUT2D eigenvalue weighted by molar-refractivity contribution is 0.242. The smallest absolute Gasteiger partial charge is 0.160 e. The molecule has 0 saturated heterocycles. The van der Waals surface area contributed by atoms with Gasteiger partial charge in [-0.3, -0.25) is 0 Å². The molecule has 21 heavy (non-hydrogen) atoms. The number of alkyl halides is 1. The summed E-state index contributed by atoms with van der Waals surface area (Å²) in [5.74, 6) is -1.17. The first-order valence-corrected chi connectivity index (χ1v) is 7.73. The van der Waals surface area contributed by atoms with E-state index in [1.165, 1.54) is 0 Å². The minimum Gasteiger partial charge on any atom is -0.491 e. The molecule has 0 heterocycles. The van der Waals surface area contributed by atoms with Gasteiger partial charge in [0, 0.05) is 5.02 Å². The SMILES string of the molecule is CC(C)Oc1cccc(C(Br)c2cc(F)c(F)cc2Cl)c1. The molecule has 1 nitrogen and oxygen atoms in total. The molecule has 0 spiro atoms. The highest BCUT2D eigenvalue weighted by atomic mass is 79.9. The highest BCUT2D eigenvalue weighted by Crippen LogP contribution is 2.37. The second kappa shape index (κ2) is 6.75. The van der Waals surface area contributed by atoms with E-state index in [9.17, 15) is 8.78 Å². The topological polar surface area (TPSA) is 9.23 Å². The van der Waals surface area contributed by atoms with Crippen molar-refractivity contribution in [3.63, 3.8) is 0 Å². The van der Waals surface area contributed by atoms with Crippen molar-refractivity contribution < 1.29 is 13.5 Å². The standard InChI is InChI=1S/C16H14BrClF2O/c1-9(2)21-11-5-3-4-10(6-11)16(17)12-7-14(19)15(20)8-13(12)18/h3-9,16H,1-2H3. The van der Waals surface area contributed by atoms with Gasteiger partial charge >= 0.3 is 0 Å². The number of ether oxygens (including phenoxy) is 1. The van der Waals surface area contributed by atoms with Crippen LogP contribution in [0.4, 0.5) is 8.78 Å². The van der Waals surface area contributed by atoms with Gasteiger partial charge in [-0.05, 0) is 49.2 Å². The molecule has 1 unspecified atom stereocenters. The zero-order valence-electron chi connectivity index (χ0n) is 11.5. The highest BCUT2D eigenvalue weighted by molar-refractivity contribution is 9.09. The van der Waals surface area contributed by atoms with Gasteiger partial charge in [0.15, 0.2) is 11.6 Å². The number of hydrogen-bond donors (Lipinski definition) is 0. The molecule has 2 aromatic carbocycles. The molecule has 0 aromatic heterocycles. The molecule has 0 aliphatic carbocycles. The second-order valence-electron chi connectivity index (χ2n) is 4.89. The maximum Gasteiger partial charge on any atom is 0.160 e. The summed E-state index contributed by atoms with van der Waals surface area (Å²) in [6.45, 7) is 3.87.